The van der Waals surface area contributed by atoms with Gasteiger partial charge in [-0.15, -0.1) is 0 Å². The van der Waals surface area contributed by atoms with E-state index in [1.807, 2.05) is 48.5 Å². The minimum absolute atomic E-state index is 0.282. The third-order valence-electron chi connectivity index (χ3n) is 3.41. The van der Waals surface area contributed by atoms with Gasteiger partial charge in [0.25, 0.3) is 0 Å². The summed E-state index contributed by atoms with van der Waals surface area (Å²) in [4.78, 5) is 15.0. The first-order chi connectivity index (χ1) is 11.2. The van der Waals surface area contributed by atoms with E-state index in [2.05, 4.69) is 4.99 Å². The molecule has 0 unspecified atom stereocenters. The Kier molecular flexibility index (Phi) is 4.10. The van der Waals surface area contributed by atoms with Gasteiger partial charge in [-0.3, -0.25) is 9.79 Å². The first-order valence-corrected chi connectivity index (χ1v) is 7.07. The second-order valence-corrected chi connectivity index (χ2v) is 4.93. The van der Waals surface area contributed by atoms with Crippen molar-refractivity contribution in [1.82, 2.24) is 0 Å². The molecule has 0 bridgehead atoms. The third-order valence-corrected chi connectivity index (χ3v) is 3.41. The van der Waals surface area contributed by atoms with Crippen molar-refractivity contribution in [3.63, 3.8) is 0 Å². The van der Waals surface area contributed by atoms with Crippen LogP contribution in [0.1, 0.15) is 0 Å². The van der Waals surface area contributed by atoms with Crippen molar-refractivity contribution < 1.29 is 19.1 Å². The molecule has 0 amide bonds. The van der Waals surface area contributed by atoms with E-state index in [0.717, 1.165) is 16.7 Å². The number of ether oxygens (including phenoxy) is 1. The van der Waals surface area contributed by atoms with E-state index < -0.39 is 5.97 Å². The Morgan fingerprint density at radius 1 is 1.17 bits per heavy atom. The zero-order valence-electron chi connectivity index (χ0n) is 12.5. The zero-order valence-corrected chi connectivity index (χ0v) is 12.5. The number of carbonyl (C=O) groups is 1. The Hall–Kier alpha value is -3.08. The van der Waals surface area contributed by atoms with Crippen molar-refractivity contribution >= 4 is 16.9 Å². The number of hydrogen-bond acceptors (Lipinski definition) is 4. The molecule has 0 fully saturated rings. The van der Waals surface area contributed by atoms with Crippen LogP contribution >= 0.6 is 0 Å². The summed E-state index contributed by atoms with van der Waals surface area (Å²) in [6.45, 7) is -0.282. The number of methoxy groups -OCH3 is 1. The van der Waals surface area contributed by atoms with E-state index in [9.17, 15) is 4.79 Å². The first kappa shape index (κ1) is 14.8. The Labute approximate surface area is 132 Å². The van der Waals surface area contributed by atoms with Crippen LogP contribution in [0.15, 0.2) is 64.0 Å². The standard InChI is InChI=1S/C18H15NO4/c1-22-13-8-6-12(7-9-13)17-10-15(19-11-18(20)21)14-4-2-3-5-16(14)23-17/h2-10H,11H2,1H3,(H,20,21)/b19-15+. The molecule has 0 saturated heterocycles. The van der Waals surface area contributed by atoms with Crippen LogP contribution in [0, 0.1) is 0 Å². The van der Waals surface area contributed by atoms with Crippen molar-refractivity contribution in [3.8, 4) is 17.1 Å². The maximum Gasteiger partial charge on any atom is 0.325 e. The number of fused-ring (bicyclic) bond motifs is 1. The third kappa shape index (κ3) is 3.23. The highest BCUT2D eigenvalue weighted by Gasteiger charge is 2.06. The molecule has 1 aromatic heterocycles. The maximum atomic E-state index is 10.8. The van der Waals surface area contributed by atoms with Crippen LogP contribution in [-0.4, -0.2) is 24.7 Å². The van der Waals surface area contributed by atoms with Crippen molar-refractivity contribution in [2.45, 2.75) is 0 Å². The van der Waals surface area contributed by atoms with Crippen molar-refractivity contribution in [3.05, 3.63) is 60.0 Å². The largest absolute Gasteiger partial charge is 0.497 e. The number of benzene rings is 2. The molecular weight excluding hydrogens is 294 g/mol. The predicted octanol–water partition coefficient (Wildman–Crippen LogP) is 3.09. The molecule has 3 rings (SSSR count). The van der Waals surface area contributed by atoms with Gasteiger partial charge in [-0.05, 0) is 36.4 Å². The van der Waals surface area contributed by atoms with Crippen molar-refractivity contribution in [2.75, 3.05) is 13.7 Å². The lowest BCUT2D eigenvalue weighted by Crippen LogP contribution is -2.09. The molecule has 2 aromatic carbocycles. The molecule has 0 aliphatic rings. The highest BCUT2D eigenvalue weighted by atomic mass is 16.5. The molecule has 0 saturated carbocycles. The zero-order chi connectivity index (χ0) is 16.2. The summed E-state index contributed by atoms with van der Waals surface area (Å²) in [7, 11) is 1.61. The highest BCUT2D eigenvalue weighted by molar-refractivity contribution is 5.78. The normalized spacial score (nSPS) is 11.6. The van der Waals surface area contributed by atoms with Gasteiger partial charge in [0.2, 0.25) is 0 Å². The summed E-state index contributed by atoms with van der Waals surface area (Å²) >= 11 is 0. The fourth-order valence-electron chi connectivity index (χ4n) is 2.30. The summed E-state index contributed by atoms with van der Waals surface area (Å²) in [5.74, 6) is 0.404. The summed E-state index contributed by atoms with van der Waals surface area (Å²) in [5, 5.41) is 10.2. The van der Waals surface area contributed by atoms with Gasteiger partial charge >= 0.3 is 5.97 Å². The molecule has 1 N–H and O–H groups in total. The Morgan fingerprint density at radius 3 is 2.61 bits per heavy atom. The summed E-state index contributed by atoms with van der Waals surface area (Å²) in [6.07, 6.45) is 0. The quantitative estimate of drug-likeness (QED) is 0.804. The predicted molar refractivity (Wildman–Crippen MR) is 86.3 cm³/mol. The van der Waals surface area contributed by atoms with E-state index >= 15 is 0 Å². The lowest BCUT2D eigenvalue weighted by atomic mass is 10.1. The fourth-order valence-corrected chi connectivity index (χ4v) is 2.30. The molecule has 116 valence electrons. The maximum absolute atomic E-state index is 10.8. The van der Waals surface area contributed by atoms with Gasteiger partial charge in [0.1, 0.15) is 23.6 Å². The van der Waals surface area contributed by atoms with Crippen molar-refractivity contribution in [2.24, 2.45) is 4.99 Å². The minimum Gasteiger partial charge on any atom is -0.497 e. The van der Waals surface area contributed by atoms with E-state index in [1.54, 1.807) is 13.2 Å². The fraction of sp³-hybridized carbons (Fsp3) is 0.111. The first-order valence-electron chi connectivity index (χ1n) is 7.07. The molecule has 0 spiro atoms. The number of nitrogens with zero attached hydrogens (tertiary/aromatic N) is 1. The van der Waals surface area contributed by atoms with Gasteiger partial charge in [-0.25, -0.2) is 0 Å². The van der Waals surface area contributed by atoms with Gasteiger partial charge in [-0.1, -0.05) is 12.1 Å². The second-order valence-electron chi connectivity index (χ2n) is 4.93. The van der Waals surface area contributed by atoms with E-state index in [1.165, 1.54) is 0 Å². The Balaban J connectivity index is 2.17. The van der Waals surface area contributed by atoms with Gasteiger partial charge in [0, 0.05) is 17.0 Å². The van der Waals surface area contributed by atoms with Gasteiger partial charge < -0.3 is 14.3 Å². The lowest BCUT2D eigenvalue weighted by Gasteiger charge is -2.06. The molecule has 0 aliphatic carbocycles. The summed E-state index contributed by atoms with van der Waals surface area (Å²) in [6, 6.07) is 16.6. The molecule has 1 heterocycles. The summed E-state index contributed by atoms with van der Waals surface area (Å²) < 4.78 is 11.1. The van der Waals surface area contributed by atoms with Gasteiger partial charge in [0.15, 0.2) is 0 Å². The highest BCUT2D eigenvalue weighted by Crippen LogP contribution is 2.24. The SMILES string of the molecule is COc1ccc(-c2c/c(=N\CC(=O)O)c3ccccc3o2)cc1. The lowest BCUT2D eigenvalue weighted by molar-refractivity contribution is -0.135. The second kappa shape index (κ2) is 6.36. The molecule has 5 nitrogen and oxygen atoms in total. The molecule has 3 aromatic rings. The van der Waals surface area contributed by atoms with Crippen LogP contribution in [0.2, 0.25) is 0 Å². The molecule has 5 heteroatoms. The van der Waals surface area contributed by atoms with Crippen LogP contribution < -0.4 is 10.1 Å². The summed E-state index contributed by atoms with van der Waals surface area (Å²) in [5.41, 5.74) is 1.52. The van der Waals surface area contributed by atoms with Gasteiger partial charge in [0.05, 0.1) is 12.5 Å². The monoisotopic (exact) mass is 309 g/mol. The number of hydrogen-bond donors (Lipinski definition) is 1. The number of aliphatic carboxylic acids is 1. The number of para-hydroxylation sites is 1. The number of carboxylic acid groups (broad SMARTS) is 1. The van der Waals surface area contributed by atoms with Gasteiger partial charge in [-0.2, -0.15) is 0 Å². The Bertz CT molecular complexity index is 910. The molecule has 0 atom stereocenters. The van der Waals surface area contributed by atoms with E-state index in [-0.39, 0.29) is 6.54 Å². The molecule has 0 aliphatic heterocycles. The van der Waals surface area contributed by atoms with Crippen molar-refractivity contribution in [1.29, 1.82) is 0 Å². The Morgan fingerprint density at radius 2 is 1.91 bits per heavy atom. The smallest absolute Gasteiger partial charge is 0.325 e. The van der Waals surface area contributed by atoms with Crippen LogP contribution in [0.5, 0.6) is 5.75 Å². The van der Waals surface area contributed by atoms with Crippen LogP contribution in [-0.2, 0) is 4.79 Å². The topological polar surface area (TPSA) is 72.0 Å². The average molecular weight is 309 g/mol. The molecule has 0 radical (unpaired) electrons. The minimum atomic E-state index is -0.971. The van der Waals surface area contributed by atoms with Crippen LogP contribution in [0.4, 0.5) is 0 Å². The van der Waals surface area contributed by atoms with E-state index in [4.69, 9.17) is 14.3 Å². The average Bonchev–Trinajstić information content (AvgIpc) is 2.59. The van der Waals surface area contributed by atoms with E-state index in [0.29, 0.717) is 16.7 Å². The van der Waals surface area contributed by atoms with Crippen LogP contribution in [0.3, 0.4) is 0 Å². The number of rotatable bonds is 4. The van der Waals surface area contributed by atoms with Crippen LogP contribution in [0.25, 0.3) is 22.3 Å². The molecule has 23 heavy (non-hydrogen) atoms. The number of carboxylic acids is 1. The molecular formula is C18H15NO4.